The number of fused-ring (bicyclic) bond motifs is 3. The summed E-state index contributed by atoms with van der Waals surface area (Å²) in [4.78, 5) is 27.7. The Morgan fingerprint density at radius 3 is 2.79 bits per heavy atom. The third-order valence-electron chi connectivity index (χ3n) is 9.77. The maximum atomic E-state index is 16.2. The van der Waals surface area contributed by atoms with Crippen molar-refractivity contribution < 1.29 is 22.7 Å². The number of amides is 1. The highest BCUT2D eigenvalue weighted by Gasteiger charge is 2.49. The van der Waals surface area contributed by atoms with Crippen molar-refractivity contribution in [3.05, 3.63) is 71.8 Å². The first-order valence-electron chi connectivity index (χ1n) is 15.7. The number of benzene rings is 3. The molecule has 47 heavy (non-hydrogen) atoms. The van der Waals surface area contributed by atoms with E-state index in [1.54, 1.807) is 35.2 Å². The number of nitrogens with zero attached hydrogens (tertiary/aromatic N) is 6. The molecule has 3 aliphatic rings. The lowest BCUT2D eigenvalue weighted by Crippen LogP contribution is -2.55. The second kappa shape index (κ2) is 12.3. The Morgan fingerprint density at radius 1 is 1.13 bits per heavy atom. The molecule has 0 spiro atoms. The van der Waals surface area contributed by atoms with Crippen molar-refractivity contribution in [1.29, 1.82) is 5.26 Å². The summed E-state index contributed by atoms with van der Waals surface area (Å²) in [5.41, 5.74) is 0.513. The molecule has 3 atom stereocenters. The molecule has 242 valence electrons. The monoisotopic (exact) mass is 660 g/mol. The standard InChI is InChI=1S/C35H32ClF3N6O2/c1-2-30(46)45-14-13-43(19-23(45)9-11-40)33-26-15-28(39)25(24-6-3-5-21-7-8-27(38)32(36)31(21)24)16-29(26)41-34(42-33)47-20-35-10-4-12-44(35)18-22(37)17-35/h2-3,5-8,15-16,22-23H,1,4,9-10,12-14,17-20H2/t22-,23+,35+/m1/s1. The minimum Gasteiger partial charge on any atom is -0.461 e. The van der Waals surface area contributed by atoms with E-state index in [0.29, 0.717) is 59.1 Å². The zero-order valence-electron chi connectivity index (χ0n) is 25.6. The highest BCUT2D eigenvalue weighted by atomic mass is 35.5. The van der Waals surface area contributed by atoms with Crippen molar-refractivity contribution in [3.8, 4) is 23.2 Å². The fourth-order valence-electron chi connectivity index (χ4n) is 7.54. The Labute approximate surface area is 275 Å². The van der Waals surface area contributed by atoms with Crippen LogP contribution >= 0.6 is 11.6 Å². The number of alkyl halides is 1. The summed E-state index contributed by atoms with van der Waals surface area (Å²) < 4.78 is 51.5. The molecule has 1 aromatic heterocycles. The van der Waals surface area contributed by atoms with Crippen LogP contribution in [0.5, 0.6) is 6.01 Å². The molecule has 1 amide bonds. The van der Waals surface area contributed by atoms with Crippen LogP contribution in [-0.2, 0) is 4.79 Å². The van der Waals surface area contributed by atoms with E-state index in [4.69, 9.17) is 26.3 Å². The quantitative estimate of drug-likeness (QED) is 0.211. The van der Waals surface area contributed by atoms with Gasteiger partial charge in [0.2, 0.25) is 5.91 Å². The molecule has 0 N–H and O–H groups in total. The van der Waals surface area contributed by atoms with Crippen LogP contribution in [0.2, 0.25) is 5.02 Å². The van der Waals surface area contributed by atoms with E-state index in [0.717, 1.165) is 19.4 Å². The average molecular weight is 661 g/mol. The average Bonchev–Trinajstić information content (AvgIpc) is 3.60. The molecule has 0 radical (unpaired) electrons. The first kappa shape index (κ1) is 31.2. The van der Waals surface area contributed by atoms with Gasteiger partial charge in [0.1, 0.15) is 30.2 Å². The van der Waals surface area contributed by atoms with Crippen LogP contribution in [0.1, 0.15) is 25.7 Å². The Hall–Kier alpha value is -4.40. The Kier molecular flexibility index (Phi) is 8.18. The van der Waals surface area contributed by atoms with Crippen LogP contribution in [0, 0.1) is 23.0 Å². The normalized spacial score (nSPS) is 22.9. The predicted octanol–water partition coefficient (Wildman–Crippen LogP) is 6.45. The molecule has 0 bridgehead atoms. The number of nitriles is 1. The molecule has 3 aromatic carbocycles. The van der Waals surface area contributed by atoms with Crippen LogP contribution < -0.4 is 9.64 Å². The van der Waals surface area contributed by atoms with Gasteiger partial charge in [-0.3, -0.25) is 9.69 Å². The molecular formula is C35H32ClF3N6O2. The summed E-state index contributed by atoms with van der Waals surface area (Å²) in [7, 11) is 0. The van der Waals surface area contributed by atoms with Crippen LogP contribution in [0.3, 0.4) is 0 Å². The number of carbonyl (C=O) groups excluding carboxylic acids is 1. The summed E-state index contributed by atoms with van der Waals surface area (Å²) in [6, 6.07) is 12.8. The number of piperazine rings is 1. The van der Waals surface area contributed by atoms with E-state index in [-0.39, 0.29) is 42.1 Å². The number of halogens is 4. The van der Waals surface area contributed by atoms with Gasteiger partial charge in [0, 0.05) is 48.9 Å². The third kappa shape index (κ3) is 5.53. The predicted molar refractivity (Wildman–Crippen MR) is 174 cm³/mol. The number of aromatic nitrogens is 2. The van der Waals surface area contributed by atoms with Gasteiger partial charge in [0.15, 0.2) is 0 Å². The molecule has 7 rings (SSSR count). The summed E-state index contributed by atoms with van der Waals surface area (Å²) >= 11 is 6.41. The van der Waals surface area contributed by atoms with Gasteiger partial charge < -0.3 is 14.5 Å². The van der Waals surface area contributed by atoms with Crippen molar-refractivity contribution in [2.75, 3.05) is 44.2 Å². The molecule has 4 heterocycles. The summed E-state index contributed by atoms with van der Waals surface area (Å²) in [5, 5.41) is 10.9. The van der Waals surface area contributed by atoms with Gasteiger partial charge in [-0.05, 0) is 54.6 Å². The number of carbonyl (C=O) groups is 1. The van der Waals surface area contributed by atoms with E-state index in [9.17, 15) is 18.8 Å². The summed E-state index contributed by atoms with van der Waals surface area (Å²) in [6.45, 7) is 5.89. The first-order chi connectivity index (χ1) is 22.7. The number of rotatable bonds is 7. The zero-order valence-corrected chi connectivity index (χ0v) is 26.3. The van der Waals surface area contributed by atoms with E-state index >= 15 is 4.39 Å². The van der Waals surface area contributed by atoms with Gasteiger partial charge in [0.25, 0.3) is 0 Å². The lowest BCUT2D eigenvalue weighted by Gasteiger charge is -2.41. The topological polar surface area (TPSA) is 85.6 Å². The number of ether oxygens (including phenoxy) is 1. The highest BCUT2D eigenvalue weighted by molar-refractivity contribution is 6.37. The molecule has 3 fully saturated rings. The van der Waals surface area contributed by atoms with Crippen LogP contribution in [0.25, 0.3) is 32.8 Å². The molecule has 0 saturated carbocycles. The van der Waals surface area contributed by atoms with Crippen LogP contribution in [0.4, 0.5) is 19.0 Å². The summed E-state index contributed by atoms with van der Waals surface area (Å²) in [5.74, 6) is -1.08. The molecule has 0 aliphatic carbocycles. The molecule has 0 unspecified atom stereocenters. The summed E-state index contributed by atoms with van der Waals surface area (Å²) in [6.07, 6.45) is 2.51. The largest absolute Gasteiger partial charge is 0.461 e. The minimum absolute atomic E-state index is 0.0528. The number of hydrogen-bond donors (Lipinski definition) is 0. The van der Waals surface area contributed by atoms with E-state index < -0.39 is 29.4 Å². The van der Waals surface area contributed by atoms with Gasteiger partial charge in [-0.1, -0.05) is 42.4 Å². The minimum atomic E-state index is -0.929. The van der Waals surface area contributed by atoms with E-state index in [2.05, 4.69) is 17.5 Å². The molecule has 3 aliphatic heterocycles. The molecule has 3 saturated heterocycles. The maximum Gasteiger partial charge on any atom is 0.319 e. The second-order valence-electron chi connectivity index (χ2n) is 12.5. The van der Waals surface area contributed by atoms with Crippen molar-refractivity contribution >= 4 is 45.0 Å². The van der Waals surface area contributed by atoms with Crippen LogP contribution in [-0.4, -0.2) is 82.8 Å². The van der Waals surface area contributed by atoms with Crippen LogP contribution in [0.15, 0.2) is 55.1 Å². The van der Waals surface area contributed by atoms with E-state index in [1.807, 2.05) is 4.90 Å². The molecular weight excluding hydrogens is 629 g/mol. The second-order valence-corrected chi connectivity index (χ2v) is 12.9. The lowest BCUT2D eigenvalue weighted by molar-refractivity contribution is -0.128. The Bertz CT molecular complexity index is 1950. The number of anilines is 1. The molecule has 12 heteroatoms. The number of hydrogen-bond acceptors (Lipinski definition) is 7. The van der Waals surface area contributed by atoms with Crippen molar-refractivity contribution in [3.63, 3.8) is 0 Å². The molecule has 4 aromatic rings. The smallest absolute Gasteiger partial charge is 0.319 e. The fraction of sp³-hybridized carbons (Fsp3) is 0.371. The lowest BCUT2D eigenvalue weighted by atomic mass is 9.95. The van der Waals surface area contributed by atoms with E-state index in [1.165, 1.54) is 18.2 Å². The molecule has 8 nitrogen and oxygen atoms in total. The maximum absolute atomic E-state index is 16.2. The Morgan fingerprint density at radius 2 is 1.98 bits per heavy atom. The SMILES string of the molecule is C=CC(=O)N1CCN(c2nc(OC[C@@]34CCCN3C[C@H](F)C4)nc3cc(-c4cccc5ccc(F)c(Cl)c45)c(F)cc23)C[C@@H]1CC#N. The van der Waals surface area contributed by atoms with Crippen molar-refractivity contribution in [2.24, 2.45) is 0 Å². The third-order valence-corrected chi connectivity index (χ3v) is 10.1. The fourth-order valence-corrected chi connectivity index (χ4v) is 7.81. The van der Waals surface area contributed by atoms with Crippen molar-refractivity contribution in [1.82, 2.24) is 19.8 Å². The van der Waals surface area contributed by atoms with Gasteiger partial charge in [-0.2, -0.15) is 15.2 Å². The van der Waals surface area contributed by atoms with Gasteiger partial charge in [0.05, 0.1) is 34.6 Å². The van der Waals surface area contributed by atoms with Gasteiger partial charge in [-0.25, -0.2) is 13.2 Å². The van der Waals surface area contributed by atoms with Gasteiger partial charge in [-0.15, -0.1) is 0 Å². The van der Waals surface area contributed by atoms with Gasteiger partial charge >= 0.3 is 6.01 Å². The Balaban J connectivity index is 1.34. The zero-order chi connectivity index (χ0) is 32.9. The highest BCUT2D eigenvalue weighted by Crippen LogP contribution is 2.42. The van der Waals surface area contributed by atoms with Crippen molar-refractivity contribution in [2.45, 2.75) is 43.4 Å². The first-order valence-corrected chi connectivity index (χ1v) is 16.0.